The van der Waals surface area contributed by atoms with E-state index in [0.717, 1.165) is 48.1 Å². The standard InChI is InChI=1S/C22H31N7O/c1-14-7-6-9-19-20(14)28(18-8-4-5-10-27(23)13-18)22(26-19)29(24)21(30)17-11-15(2)25-16(3)12-17/h6-7,9,11-12,15,18,25H,4-5,8,10,13,23-24H2,1-3H3/t15?,18-/m1/s1. The Hall–Kier alpha value is -2.68. The van der Waals surface area contributed by atoms with Gasteiger partial charge in [-0.2, -0.15) is 0 Å². The van der Waals surface area contributed by atoms with E-state index in [1.54, 1.807) is 0 Å². The zero-order valence-corrected chi connectivity index (χ0v) is 17.9. The van der Waals surface area contributed by atoms with Crippen molar-refractivity contribution in [3.63, 3.8) is 0 Å². The number of benzene rings is 1. The summed E-state index contributed by atoms with van der Waals surface area (Å²) < 4.78 is 2.12. The number of carbonyl (C=O) groups is 1. The summed E-state index contributed by atoms with van der Waals surface area (Å²) >= 11 is 0. The largest absolute Gasteiger partial charge is 0.383 e. The highest BCUT2D eigenvalue weighted by Gasteiger charge is 2.29. The monoisotopic (exact) mass is 409 g/mol. The Morgan fingerprint density at radius 2 is 2.10 bits per heavy atom. The fraction of sp³-hybridized carbons (Fsp3) is 0.455. The second kappa shape index (κ2) is 8.22. The topological polar surface area (TPSA) is 105 Å². The van der Waals surface area contributed by atoms with E-state index in [1.165, 1.54) is 5.01 Å². The van der Waals surface area contributed by atoms with Crippen LogP contribution in [0.5, 0.6) is 0 Å². The summed E-state index contributed by atoms with van der Waals surface area (Å²) in [5.41, 5.74) is 4.45. The summed E-state index contributed by atoms with van der Waals surface area (Å²) in [6.45, 7) is 7.57. The van der Waals surface area contributed by atoms with Crippen LogP contribution in [0.2, 0.25) is 0 Å². The quantitative estimate of drug-likeness (QED) is 0.408. The number of dihydropyridines is 1. The first-order valence-corrected chi connectivity index (χ1v) is 10.6. The van der Waals surface area contributed by atoms with Crippen LogP contribution in [0, 0.1) is 6.92 Å². The molecule has 1 amide bonds. The number of nitrogens with two attached hydrogens (primary N) is 2. The van der Waals surface area contributed by atoms with Crippen LogP contribution < -0.4 is 22.0 Å². The van der Waals surface area contributed by atoms with Gasteiger partial charge in [-0.25, -0.2) is 20.8 Å². The van der Waals surface area contributed by atoms with E-state index in [9.17, 15) is 4.79 Å². The Kier molecular flexibility index (Phi) is 5.64. The number of anilines is 1. The SMILES string of the molecule is CC1=CC(C(=O)N(N)c2nc3cccc(C)c3n2[C@@H]2CCCCN(N)C2)=CC(C)N1. The minimum Gasteiger partial charge on any atom is -0.383 e. The summed E-state index contributed by atoms with van der Waals surface area (Å²) in [5.74, 6) is 12.8. The van der Waals surface area contributed by atoms with Crippen LogP contribution in [0.4, 0.5) is 5.95 Å². The van der Waals surface area contributed by atoms with E-state index in [2.05, 4.69) is 22.9 Å². The molecule has 0 spiro atoms. The maximum Gasteiger partial charge on any atom is 0.274 e. The zero-order chi connectivity index (χ0) is 21.4. The second-order valence-electron chi connectivity index (χ2n) is 8.43. The molecule has 0 radical (unpaired) electrons. The van der Waals surface area contributed by atoms with Crippen molar-refractivity contribution in [1.82, 2.24) is 19.9 Å². The molecule has 3 heterocycles. The fourth-order valence-electron chi connectivity index (χ4n) is 4.54. The molecule has 2 aromatic rings. The number of hydrogen-bond acceptors (Lipinski definition) is 6. The number of aromatic nitrogens is 2. The number of nitrogens with zero attached hydrogens (tertiary/aromatic N) is 4. The molecule has 8 nitrogen and oxygen atoms in total. The van der Waals surface area contributed by atoms with Gasteiger partial charge in [-0.1, -0.05) is 18.6 Å². The lowest BCUT2D eigenvalue weighted by Gasteiger charge is -2.27. The van der Waals surface area contributed by atoms with Crippen LogP contribution in [0.25, 0.3) is 11.0 Å². The molecule has 1 fully saturated rings. The molecule has 1 unspecified atom stereocenters. The van der Waals surface area contributed by atoms with Crippen LogP contribution in [-0.2, 0) is 4.79 Å². The van der Waals surface area contributed by atoms with Crippen molar-refractivity contribution in [2.45, 2.75) is 52.1 Å². The average Bonchev–Trinajstić information content (AvgIpc) is 2.96. The third-order valence-electron chi connectivity index (χ3n) is 5.87. The van der Waals surface area contributed by atoms with Gasteiger partial charge in [0.1, 0.15) is 0 Å². The number of nitrogens with one attached hydrogen (secondary N) is 1. The van der Waals surface area contributed by atoms with E-state index in [1.807, 2.05) is 43.1 Å². The van der Waals surface area contributed by atoms with Crippen molar-refractivity contribution >= 4 is 22.9 Å². The molecule has 0 bridgehead atoms. The Labute approximate surface area is 177 Å². The number of imidazole rings is 1. The van der Waals surface area contributed by atoms with E-state index in [-0.39, 0.29) is 18.0 Å². The smallest absolute Gasteiger partial charge is 0.274 e. The number of allylic oxidation sites excluding steroid dienone is 1. The molecule has 1 aromatic heterocycles. The normalized spacial score (nSPS) is 22.8. The Bertz CT molecular complexity index is 1020. The highest BCUT2D eigenvalue weighted by atomic mass is 16.2. The number of amides is 1. The number of fused-ring (bicyclic) bond motifs is 1. The van der Waals surface area contributed by atoms with Gasteiger partial charge in [-0.05, 0) is 57.4 Å². The molecule has 2 aliphatic heterocycles. The first-order valence-electron chi connectivity index (χ1n) is 10.6. The van der Waals surface area contributed by atoms with Crippen molar-refractivity contribution in [2.24, 2.45) is 11.7 Å². The summed E-state index contributed by atoms with van der Waals surface area (Å²) in [6.07, 6.45) is 6.80. The number of hydrazine groups is 2. The maximum absolute atomic E-state index is 13.3. The lowest BCUT2D eigenvalue weighted by atomic mass is 10.1. The van der Waals surface area contributed by atoms with Gasteiger partial charge < -0.3 is 9.88 Å². The first kappa shape index (κ1) is 20.6. The zero-order valence-electron chi connectivity index (χ0n) is 17.9. The summed E-state index contributed by atoms with van der Waals surface area (Å²) in [5, 5.41) is 6.33. The molecule has 8 heteroatoms. The van der Waals surface area contributed by atoms with E-state index in [0.29, 0.717) is 18.1 Å². The Balaban J connectivity index is 1.80. The number of rotatable bonds is 3. The summed E-state index contributed by atoms with van der Waals surface area (Å²) in [4.78, 5) is 18.1. The van der Waals surface area contributed by atoms with Crippen LogP contribution in [0.15, 0.2) is 41.6 Å². The summed E-state index contributed by atoms with van der Waals surface area (Å²) in [7, 11) is 0. The van der Waals surface area contributed by atoms with Crippen LogP contribution in [-0.4, -0.2) is 39.6 Å². The molecule has 160 valence electrons. The minimum atomic E-state index is -0.268. The highest BCUT2D eigenvalue weighted by Crippen LogP contribution is 2.32. The van der Waals surface area contributed by atoms with Gasteiger partial charge in [0.2, 0.25) is 5.95 Å². The summed E-state index contributed by atoms with van der Waals surface area (Å²) in [6, 6.07) is 6.17. The molecule has 2 atom stereocenters. The number of aryl methyl sites for hydroxylation is 1. The predicted molar refractivity (Wildman–Crippen MR) is 119 cm³/mol. The Morgan fingerprint density at radius 1 is 1.30 bits per heavy atom. The third-order valence-corrected chi connectivity index (χ3v) is 5.87. The number of para-hydroxylation sites is 1. The lowest BCUT2D eigenvalue weighted by Crippen LogP contribution is -2.43. The number of carbonyl (C=O) groups excluding carboxylic acids is 1. The molecule has 5 N–H and O–H groups in total. The van der Waals surface area contributed by atoms with Crippen LogP contribution in [0.1, 0.15) is 44.7 Å². The van der Waals surface area contributed by atoms with E-state index in [4.69, 9.17) is 16.7 Å². The molecule has 1 aromatic carbocycles. The average molecular weight is 410 g/mol. The maximum atomic E-state index is 13.3. The van der Waals surface area contributed by atoms with Crippen molar-refractivity contribution in [3.05, 3.63) is 47.2 Å². The van der Waals surface area contributed by atoms with Crippen LogP contribution >= 0.6 is 0 Å². The van der Waals surface area contributed by atoms with Crippen LogP contribution in [0.3, 0.4) is 0 Å². The van der Waals surface area contributed by atoms with Gasteiger partial charge in [0, 0.05) is 30.4 Å². The molecule has 30 heavy (non-hydrogen) atoms. The van der Waals surface area contributed by atoms with Gasteiger partial charge in [0.25, 0.3) is 5.91 Å². The minimum absolute atomic E-state index is 0.0658. The molecule has 0 aliphatic carbocycles. The van der Waals surface area contributed by atoms with Crippen molar-refractivity contribution in [2.75, 3.05) is 18.1 Å². The lowest BCUT2D eigenvalue weighted by molar-refractivity contribution is -0.115. The molecule has 0 saturated carbocycles. The predicted octanol–water partition coefficient (Wildman–Crippen LogP) is 2.27. The molecule has 2 aliphatic rings. The van der Waals surface area contributed by atoms with E-state index >= 15 is 0 Å². The second-order valence-corrected chi connectivity index (χ2v) is 8.43. The van der Waals surface area contributed by atoms with Gasteiger partial charge in [0.05, 0.1) is 17.1 Å². The molecule has 4 rings (SSSR count). The fourth-order valence-corrected chi connectivity index (χ4v) is 4.54. The Morgan fingerprint density at radius 3 is 2.87 bits per heavy atom. The molecular weight excluding hydrogens is 378 g/mol. The molecule has 1 saturated heterocycles. The van der Waals surface area contributed by atoms with Crippen molar-refractivity contribution < 1.29 is 4.79 Å². The molecular formula is C22H31N7O. The van der Waals surface area contributed by atoms with Crippen molar-refractivity contribution in [3.8, 4) is 0 Å². The third kappa shape index (κ3) is 3.86. The van der Waals surface area contributed by atoms with Gasteiger partial charge in [-0.3, -0.25) is 10.6 Å². The first-order chi connectivity index (χ1) is 14.3. The number of hydrogen-bond donors (Lipinski definition) is 3. The van der Waals surface area contributed by atoms with Gasteiger partial charge in [-0.15, -0.1) is 0 Å². The van der Waals surface area contributed by atoms with Crippen molar-refractivity contribution in [1.29, 1.82) is 0 Å². The van der Waals surface area contributed by atoms with E-state index < -0.39 is 0 Å². The van der Waals surface area contributed by atoms with Gasteiger partial charge >= 0.3 is 0 Å². The van der Waals surface area contributed by atoms with Gasteiger partial charge in [0.15, 0.2) is 0 Å². The highest BCUT2D eigenvalue weighted by molar-refractivity contribution is 6.07.